The maximum absolute atomic E-state index is 10.6. The van der Waals surface area contributed by atoms with Gasteiger partial charge in [-0.2, -0.15) is 0 Å². The molecule has 2 N–H and O–H groups in total. The van der Waals surface area contributed by atoms with Crippen molar-refractivity contribution in [3.8, 4) is 0 Å². The smallest absolute Gasteiger partial charge is 0.314 e. The first-order chi connectivity index (χ1) is 5.20. The van der Waals surface area contributed by atoms with Gasteiger partial charge in [0, 0.05) is 11.8 Å². The van der Waals surface area contributed by atoms with E-state index in [0.717, 1.165) is 0 Å². The lowest BCUT2D eigenvalue weighted by Crippen LogP contribution is -2.22. The van der Waals surface area contributed by atoms with E-state index in [1.807, 2.05) is 13.8 Å². The van der Waals surface area contributed by atoms with Crippen LogP contribution in [0.25, 0.3) is 0 Å². The van der Waals surface area contributed by atoms with Gasteiger partial charge in [0.25, 0.3) is 5.56 Å². The molecular weight excluding hydrogens is 144 g/mol. The van der Waals surface area contributed by atoms with Gasteiger partial charge in [0.1, 0.15) is 0 Å². The molecule has 0 aliphatic carbocycles. The molecule has 1 aromatic rings. The van der Waals surface area contributed by atoms with Crippen molar-refractivity contribution in [2.75, 3.05) is 0 Å². The lowest BCUT2D eigenvalue weighted by molar-refractivity contribution is 1.01. The van der Waals surface area contributed by atoms with Gasteiger partial charge in [0.2, 0.25) is 0 Å². The van der Waals surface area contributed by atoms with Gasteiger partial charge < -0.3 is 4.98 Å². The zero-order chi connectivity index (χ0) is 8.85. The Morgan fingerprint density at radius 2 is 1.82 bits per heavy atom. The third-order valence-electron chi connectivity index (χ3n) is 1.00. The average Bonchev–Trinajstić information content (AvgIpc) is 2.02. The van der Waals surface area contributed by atoms with Crippen molar-refractivity contribution in [2.45, 2.75) is 20.8 Å². The summed E-state index contributed by atoms with van der Waals surface area (Å²) in [5, 5.41) is 0. The fourth-order valence-electron chi connectivity index (χ4n) is 0.477. The summed E-state index contributed by atoms with van der Waals surface area (Å²) in [6, 6.07) is 0. The molecule has 0 unspecified atom stereocenters. The quantitative estimate of drug-likeness (QED) is 0.571. The third kappa shape index (κ3) is 2.84. The summed E-state index contributed by atoms with van der Waals surface area (Å²) in [7, 11) is 0. The van der Waals surface area contributed by atoms with Crippen molar-refractivity contribution >= 4 is 0 Å². The normalized spacial score (nSPS) is 8.27. The summed E-state index contributed by atoms with van der Waals surface area (Å²) in [6.07, 6.45) is 1.38. The van der Waals surface area contributed by atoms with Crippen LogP contribution in [0.15, 0.2) is 15.8 Å². The molecule has 0 aromatic carbocycles. The van der Waals surface area contributed by atoms with Crippen LogP contribution < -0.4 is 11.2 Å². The van der Waals surface area contributed by atoms with Crippen molar-refractivity contribution in [2.24, 2.45) is 0 Å². The van der Waals surface area contributed by atoms with E-state index in [2.05, 4.69) is 9.97 Å². The molecule has 4 heteroatoms. The Balaban J connectivity index is 0.000000461. The number of hydrogen-bond acceptors (Lipinski definition) is 2. The van der Waals surface area contributed by atoms with Gasteiger partial charge in [-0.25, -0.2) is 4.79 Å². The summed E-state index contributed by atoms with van der Waals surface area (Å²) >= 11 is 0. The van der Waals surface area contributed by atoms with Gasteiger partial charge in [-0.15, -0.1) is 0 Å². The zero-order valence-electron chi connectivity index (χ0n) is 6.89. The van der Waals surface area contributed by atoms with Crippen molar-refractivity contribution in [1.82, 2.24) is 9.97 Å². The van der Waals surface area contributed by atoms with Crippen molar-refractivity contribution in [3.63, 3.8) is 0 Å². The summed E-state index contributed by atoms with van der Waals surface area (Å²) in [5.41, 5.74) is -0.293. The van der Waals surface area contributed by atoms with Crippen LogP contribution >= 0.6 is 0 Å². The minimum Gasteiger partial charge on any atom is -0.314 e. The Labute approximate surface area is 64.3 Å². The van der Waals surface area contributed by atoms with E-state index in [0.29, 0.717) is 5.56 Å². The van der Waals surface area contributed by atoms with E-state index < -0.39 is 5.69 Å². The average molecular weight is 156 g/mol. The van der Waals surface area contributed by atoms with Crippen LogP contribution in [0.3, 0.4) is 0 Å². The van der Waals surface area contributed by atoms with Crippen molar-refractivity contribution in [3.05, 3.63) is 32.6 Å². The standard InChI is InChI=1S/C5H6N2O2.C2H6/c1-3-2-6-5(9)7-4(3)8;1-2/h2H,1H3,(H2,6,7,8,9);1-2H3. The zero-order valence-corrected chi connectivity index (χ0v) is 6.89. The fraction of sp³-hybridized carbons (Fsp3) is 0.429. The number of hydrogen-bond donors (Lipinski definition) is 2. The Hall–Kier alpha value is -1.32. The number of aromatic amines is 2. The van der Waals surface area contributed by atoms with E-state index in [1.54, 1.807) is 6.92 Å². The molecule has 0 bridgehead atoms. The van der Waals surface area contributed by atoms with E-state index in [1.165, 1.54) is 6.20 Å². The highest BCUT2D eigenvalue weighted by Crippen LogP contribution is 1.73. The molecule has 0 radical (unpaired) electrons. The molecule has 4 nitrogen and oxygen atoms in total. The second kappa shape index (κ2) is 4.49. The highest BCUT2D eigenvalue weighted by Gasteiger charge is 1.88. The maximum atomic E-state index is 10.6. The molecular formula is C7H12N2O2. The summed E-state index contributed by atoms with van der Waals surface area (Å²) in [5.74, 6) is 0. The monoisotopic (exact) mass is 156 g/mol. The molecule has 0 fully saturated rings. The molecule has 0 aliphatic rings. The van der Waals surface area contributed by atoms with Crippen LogP contribution in [0, 0.1) is 6.92 Å². The molecule has 1 rings (SSSR count). The lowest BCUT2D eigenvalue weighted by atomic mass is 10.4. The van der Waals surface area contributed by atoms with Gasteiger partial charge in [0.15, 0.2) is 0 Å². The first kappa shape index (κ1) is 9.68. The van der Waals surface area contributed by atoms with E-state index >= 15 is 0 Å². The van der Waals surface area contributed by atoms with Crippen LogP contribution in [-0.2, 0) is 0 Å². The molecule has 0 atom stereocenters. The van der Waals surface area contributed by atoms with Gasteiger partial charge >= 0.3 is 5.69 Å². The molecule has 0 saturated carbocycles. The molecule has 62 valence electrons. The maximum Gasteiger partial charge on any atom is 0.325 e. The first-order valence-electron chi connectivity index (χ1n) is 3.49. The minimum atomic E-state index is -0.467. The number of aromatic nitrogens is 2. The van der Waals surface area contributed by atoms with Crippen LogP contribution in [0.1, 0.15) is 19.4 Å². The van der Waals surface area contributed by atoms with Gasteiger partial charge in [-0.3, -0.25) is 9.78 Å². The van der Waals surface area contributed by atoms with Crippen LogP contribution in [0.2, 0.25) is 0 Å². The molecule has 0 aliphatic heterocycles. The largest absolute Gasteiger partial charge is 0.325 e. The second-order valence-electron chi connectivity index (χ2n) is 1.75. The fourth-order valence-corrected chi connectivity index (χ4v) is 0.477. The first-order valence-corrected chi connectivity index (χ1v) is 3.49. The van der Waals surface area contributed by atoms with Gasteiger partial charge in [0.05, 0.1) is 0 Å². The molecule has 11 heavy (non-hydrogen) atoms. The SMILES string of the molecule is CC.Cc1c[nH]c(=O)[nH]c1=O. The van der Waals surface area contributed by atoms with Crippen molar-refractivity contribution in [1.29, 1.82) is 0 Å². The topological polar surface area (TPSA) is 65.7 Å². The Morgan fingerprint density at radius 1 is 1.27 bits per heavy atom. The lowest BCUT2D eigenvalue weighted by Gasteiger charge is -1.84. The molecule has 1 aromatic heterocycles. The summed E-state index contributed by atoms with van der Waals surface area (Å²) in [6.45, 7) is 5.62. The Bertz CT molecular complexity index is 311. The Kier molecular flexibility index (Phi) is 3.95. The third-order valence-corrected chi connectivity index (χ3v) is 1.00. The van der Waals surface area contributed by atoms with Gasteiger partial charge in [-0.05, 0) is 6.92 Å². The number of nitrogens with one attached hydrogen (secondary N) is 2. The van der Waals surface area contributed by atoms with E-state index in [-0.39, 0.29) is 5.56 Å². The van der Waals surface area contributed by atoms with Crippen LogP contribution in [0.5, 0.6) is 0 Å². The van der Waals surface area contributed by atoms with E-state index in [4.69, 9.17) is 0 Å². The van der Waals surface area contributed by atoms with Gasteiger partial charge in [-0.1, -0.05) is 13.8 Å². The molecule has 0 saturated heterocycles. The molecule has 1 heterocycles. The molecule has 0 amide bonds. The Morgan fingerprint density at radius 3 is 2.18 bits per heavy atom. The second-order valence-corrected chi connectivity index (χ2v) is 1.75. The van der Waals surface area contributed by atoms with Crippen LogP contribution in [-0.4, -0.2) is 9.97 Å². The summed E-state index contributed by atoms with van der Waals surface area (Å²) in [4.78, 5) is 25.3. The highest BCUT2D eigenvalue weighted by atomic mass is 16.2. The number of H-pyrrole nitrogens is 2. The minimum absolute atomic E-state index is 0.334. The predicted octanol–water partition coefficient (Wildman–Crippen LogP) is 0.398. The number of rotatable bonds is 0. The van der Waals surface area contributed by atoms with Crippen LogP contribution in [0.4, 0.5) is 0 Å². The van der Waals surface area contributed by atoms with Crippen molar-refractivity contribution < 1.29 is 0 Å². The summed E-state index contributed by atoms with van der Waals surface area (Å²) < 4.78 is 0. The molecule has 0 spiro atoms. The number of aryl methyl sites for hydroxylation is 1. The highest BCUT2D eigenvalue weighted by molar-refractivity contribution is 4.98. The predicted molar refractivity (Wildman–Crippen MR) is 43.8 cm³/mol. The van der Waals surface area contributed by atoms with E-state index in [9.17, 15) is 9.59 Å².